The molecule has 2 aromatic rings. The average molecular weight is 341 g/mol. The van der Waals surface area contributed by atoms with Gasteiger partial charge >= 0.3 is 0 Å². The van der Waals surface area contributed by atoms with Crippen LogP contribution in [0.2, 0.25) is 0 Å². The van der Waals surface area contributed by atoms with E-state index in [9.17, 15) is 0 Å². The lowest BCUT2D eigenvalue weighted by molar-refractivity contribution is 0.207. The Balaban J connectivity index is 1.58. The molecule has 0 bridgehead atoms. The summed E-state index contributed by atoms with van der Waals surface area (Å²) in [7, 11) is 1.71. The van der Waals surface area contributed by atoms with Crippen molar-refractivity contribution < 1.29 is 9.15 Å². The number of nitrogens with zero attached hydrogens (tertiary/aromatic N) is 2. The van der Waals surface area contributed by atoms with Gasteiger partial charge in [0.15, 0.2) is 5.96 Å². The van der Waals surface area contributed by atoms with Crippen LogP contribution in [0.5, 0.6) is 0 Å². The monoisotopic (exact) mass is 341 g/mol. The Morgan fingerprint density at radius 3 is 2.92 bits per heavy atom. The van der Waals surface area contributed by atoms with Crippen molar-refractivity contribution in [1.82, 2.24) is 10.2 Å². The van der Waals surface area contributed by atoms with E-state index < -0.39 is 0 Å². The summed E-state index contributed by atoms with van der Waals surface area (Å²) in [5.41, 5.74) is 1.41. The number of furan rings is 1. The van der Waals surface area contributed by atoms with Gasteiger partial charge in [0.2, 0.25) is 0 Å². The summed E-state index contributed by atoms with van der Waals surface area (Å²) >= 11 is 0. The third kappa shape index (κ3) is 5.10. The lowest BCUT2D eigenvalue weighted by atomic mass is 9.99. The van der Waals surface area contributed by atoms with Gasteiger partial charge < -0.3 is 19.4 Å². The summed E-state index contributed by atoms with van der Waals surface area (Å²) in [4.78, 5) is 7.07. The van der Waals surface area contributed by atoms with E-state index in [0.717, 1.165) is 44.2 Å². The molecule has 1 aromatic carbocycles. The quantitative estimate of drug-likeness (QED) is 0.478. The highest BCUT2D eigenvalue weighted by atomic mass is 16.5. The number of methoxy groups -OCH3 is 1. The number of guanidine groups is 1. The molecule has 0 saturated carbocycles. The van der Waals surface area contributed by atoms with E-state index in [1.165, 1.54) is 5.56 Å². The summed E-state index contributed by atoms with van der Waals surface area (Å²) in [6.45, 7) is 4.15. The van der Waals surface area contributed by atoms with Crippen molar-refractivity contribution >= 4 is 5.96 Å². The van der Waals surface area contributed by atoms with Crippen molar-refractivity contribution in [3.63, 3.8) is 0 Å². The van der Waals surface area contributed by atoms with E-state index in [0.29, 0.717) is 19.1 Å². The van der Waals surface area contributed by atoms with Crippen LogP contribution in [0.25, 0.3) is 0 Å². The molecule has 1 atom stereocenters. The lowest BCUT2D eigenvalue weighted by Gasteiger charge is -2.22. The second-order valence-corrected chi connectivity index (χ2v) is 6.30. The topological polar surface area (TPSA) is 50.0 Å². The molecular weight excluding hydrogens is 314 g/mol. The first kappa shape index (κ1) is 17.5. The fourth-order valence-electron chi connectivity index (χ4n) is 3.21. The number of benzene rings is 1. The molecule has 1 unspecified atom stereocenters. The molecule has 1 saturated heterocycles. The van der Waals surface area contributed by atoms with Gasteiger partial charge in [0.25, 0.3) is 0 Å². The van der Waals surface area contributed by atoms with Gasteiger partial charge in [-0.1, -0.05) is 30.3 Å². The Hall–Kier alpha value is -2.27. The van der Waals surface area contributed by atoms with Crippen molar-refractivity contribution in [3.05, 3.63) is 60.1 Å². The van der Waals surface area contributed by atoms with Crippen LogP contribution in [-0.4, -0.2) is 50.8 Å². The van der Waals surface area contributed by atoms with Crippen LogP contribution in [0.1, 0.15) is 23.7 Å². The molecule has 2 heterocycles. The van der Waals surface area contributed by atoms with E-state index in [1.54, 1.807) is 13.4 Å². The highest BCUT2D eigenvalue weighted by Crippen LogP contribution is 2.26. The number of nitrogens with one attached hydrogen (secondary N) is 1. The first-order valence-electron chi connectivity index (χ1n) is 8.96. The van der Waals surface area contributed by atoms with Crippen LogP contribution >= 0.6 is 0 Å². The molecule has 0 spiro atoms. The Morgan fingerprint density at radius 1 is 1.28 bits per heavy atom. The Morgan fingerprint density at radius 2 is 2.16 bits per heavy atom. The Labute approximate surface area is 149 Å². The molecule has 0 aliphatic carbocycles. The van der Waals surface area contributed by atoms with E-state index in [4.69, 9.17) is 14.1 Å². The molecule has 1 fully saturated rings. The fourth-order valence-corrected chi connectivity index (χ4v) is 3.21. The molecule has 0 amide bonds. The van der Waals surface area contributed by atoms with Gasteiger partial charge in [-0.05, 0) is 24.1 Å². The van der Waals surface area contributed by atoms with Crippen molar-refractivity contribution in [2.75, 3.05) is 39.9 Å². The second-order valence-electron chi connectivity index (χ2n) is 6.30. The normalized spacial score (nSPS) is 17.9. The van der Waals surface area contributed by atoms with E-state index in [2.05, 4.69) is 40.5 Å². The first-order valence-corrected chi connectivity index (χ1v) is 8.96. The van der Waals surface area contributed by atoms with Crippen molar-refractivity contribution in [1.29, 1.82) is 0 Å². The van der Waals surface area contributed by atoms with Crippen LogP contribution in [0, 0.1) is 0 Å². The molecule has 3 rings (SSSR count). The van der Waals surface area contributed by atoms with Gasteiger partial charge in [0, 0.05) is 39.1 Å². The predicted octanol–water partition coefficient (Wildman–Crippen LogP) is 2.90. The van der Waals surface area contributed by atoms with E-state index in [-0.39, 0.29) is 0 Å². The Bertz CT molecular complexity index is 640. The van der Waals surface area contributed by atoms with Crippen LogP contribution in [0.15, 0.2) is 58.1 Å². The van der Waals surface area contributed by atoms with Crippen LogP contribution in [-0.2, 0) is 11.2 Å². The van der Waals surface area contributed by atoms with Crippen molar-refractivity contribution in [2.45, 2.75) is 18.8 Å². The number of rotatable bonds is 7. The summed E-state index contributed by atoms with van der Waals surface area (Å²) in [6.07, 6.45) is 3.73. The molecule has 0 radical (unpaired) electrons. The zero-order valence-corrected chi connectivity index (χ0v) is 14.9. The van der Waals surface area contributed by atoms with Crippen molar-refractivity contribution in [2.24, 2.45) is 4.99 Å². The number of hydrogen-bond donors (Lipinski definition) is 1. The molecule has 5 heteroatoms. The highest BCUT2D eigenvalue weighted by Gasteiger charge is 2.25. The zero-order chi connectivity index (χ0) is 17.3. The Kier molecular flexibility index (Phi) is 6.51. The molecule has 1 N–H and O–H groups in total. The smallest absolute Gasteiger partial charge is 0.194 e. The minimum atomic E-state index is 0.570. The fraction of sp³-hybridized carbons (Fsp3) is 0.450. The van der Waals surface area contributed by atoms with Crippen LogP contribution < -0.4 is 5.32 Å². The minimum Gasteiger partial charge on any atom is -0.469 e. The average Bonchev–Trinajstić information content (AvgIpc) is 3.33. The minimum absolute atomic E-state index is 0.570. The van der Waals surface area contributed by atoms with E-state index in [1.807, 2.05) is 12.1 Å². The van der Waals surface area contributed by atoms with E-state index >= 15 is 0 Å². The maximum Gasteiger partial charge on any atom is 0.194 e. The maximum absolute atomic E-state index is 5.40. The van der Waals surface area contributed by atoms with Gasteiger partial charge in [0.05, 0.1) is 19.4 Å². The second kappa shape index (κ2) is 9.28. The molecule has 25 heavy (non-hydrogen) atoms. The number of likely N-dealkylation sites (tertiary alicyclic amines) is 1. The molecule has 134 valence electrons. The standard InChI is InChI=1S/C20H27N3O2/c1-24-15-12-22-20(21-11-9-19-8-5-14-25-19)23-13-10-18(16-23)17-6-3-2-4-7-17/h2-8,14,18H,9-13,15-16H2,1H3,(H,21,22). The number of ether oxygens (including phenoxy) is 1. The molecule has 1 aromatic heterocycles. The number of hydrogen-bond acceptors (Lipinski definition) is 3. The summed E-state index contributed by atoms with van der Waals surface area (Å²) < 4.78 is 10.5. The molecular formula is C20H27N3O2. The van der Waals surface area contributed by atoms with Gasteiger partial charge in [-0.15, -0.1) is 0 Å². The van der Waals surface area contributed by atoms with Gasteiger partial charge in [-0.2, -0.15) is 0 Å². The van der Waals surface area contributed by atoms with Gasteiger partial charge in [0.1, 0.15) is 5.76 Å². The third-order valence-corrected chi connectivity index (χ3v) is 4.55. The van der Waals surface area contributed by atoms with Crippen LogP contribution in [0.4, 0.5) is 0 Å². The van der Waals surface area contributed by atoms with Crippen LogP contribution in [0.3, 0.4) is 0 Å². The lowest BCUT2D eigenvalue weighted by Crippen LogP contribution is -2.41. The van der Waals surface area contributed by atoms with Gasteiger partial charge in [-0.25, -0.2) is 0 Å². The molecule has 1 aliphatic heterocycles. The summed E-state index contributed by atoms with van der Waals surface area (Å²) in [6, 6.07) is 14.7. The van der Waals surface area contributed by atoms with Gasteiger partial charge in [-0.3, -0.25) is 4.99 Å². The predicted molar refractivity (Wildman–Crippen MR) is 100.0 cm³/mol. The maximum atomic E-state index is 5.40. The number of aliphatic imine (C=N–C) groups is 1. The largest absolute Gasteiger partial charge is 0.469 e. The summed E-state index contributed by atoms with van der Waals surface area (Å²) in [5, 5.41) is 3.49. The highest BCUT2D eigenvalue weighted by molar-refractivity contribution is 5.80. The molecule has 5 nitrogen and oxygen atoms in total. The third-order valence-electron chi connectivity index (χ3n) is 4.55. The van der Waals surface area contributed by atoms with Crippen molar-refractivity contribution in [3.8, 4) is 0 Å². The zero-order valence-electron chi connectivity index (χ0n) is 14.9. The first-order chi connectivity index (χ1) is 12.4. The summed E-state index contributed by atoms with van der Waals surface area (Å²) in [5.74, 6) is 2.54. The SMILES string of the molecule is COCCN=C(NCCc1ccco1)N1CCC(c2ccccc2)C1. The molecule has 1 aliphatic rings.